The quantitative estimate of drug-likeness (QED) is 0.624. The minimum absolute atomic E-state index is 0.292. The molecular weight excluding hydrogens is 292 g/mol. The summed E-state index contributed by atoms with van der Waals surface area (Å²) < 4.78 is 28.7. The van der Waals surface area contributed by atoms with E-state index in [-0.39, 0.29) is 5.41 Å². The summed E-state index contributed by atoms with van der Waals surface area (Å²) >= 11 is 0. The molecule has 3 heteroatoms. The molecule has 2 atom stereocenters. The smallest absolute Gasteiger partial charge is 0.135 e. The SMILES string of the molecule is CCCC(C)(c1cc(F)cc(F)c1-c1ccccn1)C(C)CC. The van der Waals surface area contributed by atoms with Crippen LogP contribution in [0.4, 0.5) is 8.78 Å². The Morgan fingerprint density at radius 1 is 1.17 bits per heavy atom. The van der Waals surface area contributed by atoms with Crippen molar-refractivity contribution in [2.24, 2.45) is 5.92 Å². The van der Waals surface area contributed by atoms with Crippen LogP contribution in [0.2, 0.25) is 0 Å². The molecule has 0 amide bonds. The molecule has 2 aromatic rings. The Morgan fingerprint density at radius 3 is 2.48 bits per heavy atom. The van der Waals surface area contributed by atoms with Crippen LogP contribution in [0.1, 0.15) is 52.5 Å². The van der Waals surface area contributed by atoms with E-state index in [1.165, 1.54) is 6.07 Å². The Bertz CT molecular complexity index is 654. The molecule has 0 radical (unpaired) electrons. The van der Waals surface area contributed by atoms with Crippen molar-refractivity contribution in [3.05, 3.63) is 53.7 Å². The van der Waals surface area contributed by atoms with Crippen molar-refractivity contribution in [3.8, 4) is 11.3 Å². The van der Waals surface area contributed by atoms with Crippen LogP contribution >= 0.6 is 0 Å². The predicted molar refractivity (Wildman–Crippen MR) is 91.3 cm³/mol. The molecule has 0 bridgehead atoms. The lowest BCUT2D eigenvalue weighted by atomic mass is 9.67. The Kier molecular flexibility index (Phi) is 5.51. The Balaban J connectivity index is 2.74. The highest BCUT2D eigenvalue weighted by atomic mass is 19.1. The molecule has 23 heavy (non-hydrogen) atoms. The molecule has 124 valence electrons. The van der Waals surface area contributed by atoms with Gasteiger partial charge in [-0.05, 0) is 41.5 Å². The van der Waals surface area contributed by atoms with Crippen molar-refractivity contribution >= 4 is 0 Å². The molecule has 1 nitrogen and oxygen atoms in total. The second kappa shape index (κ2) is 7.20. The summed E-state index contributed by atoms with van der Waals surface area (Å²) in [5, 5.41) is 0. The molecule has 1 aromatic heterocycles. The fourth-order valence-electron chi connectivity index (χ4n) is 3.41. The van der Waals surface area contributed by atoms with Crippen LogP contribution in [0, 0.1) is 17.6 Å². The van der Waals surface area contributed by atoms with Crippen molar-refractivity contribution in [1.82, 2.24) is 4.98 Å². The molecule has 0 aliphatic rings. The third-order valence-electron chi connectivity index (χ3n) is 5.06. The van der Waals surface area contributed by atoms with Crippen LogP contribution in [-0.2, 0) is 5.41 Å². The molecule has 1 heterocycles. The first-order valence-electron chi connectivity index (χ1n) is 8.35. The zero-order chi connectivity index (χ0) is 17.0. The van der Waals surface area contributed by atoms with E-state index in [4.69, 9.17) is 0 Å². The van der Waals surface area contributed by atoms with Crippen LogP contribution in [-0.4, -0.2) is 4.98 Å². The van der Waals surface area contributed by atoms with Crippen molar-refractivity contribution in [1.29, 1.82) is 0 Å². The van der Waals surface area contributed by atoms with Crippen molar-refractivity contribution in [2.45, 2.75) is 52.4 Å². The molecule has 2 unspecified atom stereocenters. The lowest BCUT2D eigenvalue weighted by molar-refractivity contribution is 0.281. The maximum absolute atomic E-state index is 14.7. The largest absolute Gasteiger partial charge is 0.256 e. The van der Waals surface area contributed by atoms with Crippen LogP contribution < -0.4 is 0 Å². The number of nitrogens with zero attached hydrogens (tertiary/aromatic N) is 1. The number of halogens is 2. The number of benzene rings is 1. The van der Waals surface area contributed by atoms with E-state index in [0.717, 1.165) is 30.9 Å². The van der Waals surface area contributed by atoms with Gasteiger partial charge in [-0.15, -0.1) is 0 Å². The van der Waals surface area contributed by atoms with Crippen LogP contribution in [0.5, 0.6) is 0 Å². The van der Waals surface area contributed by atoms with Gasteiger partial charge in [-0.25, -0.2) is 8.78 Å². The molecule has 0 aliphatic heterocycles. The van der Waals surface area contributed by atoms with E-state index < -0.39 is 11.6 Å². The van der Waals surface area contributed by atoms with Crippen LogP contribution in [0.15, 0.2) is 36.5 Å². The second-order valence-corrected chi connectivity index (χ2v) is 6.50. The van der Waals surface area contributed by atoms with Crippen molar-refractivity contribution in [2.75, 3.05) is 0 Å². The number of hydrogen-bond donors (Lipinski definition) is 0. The van der Waals surface area contributed by atoms with Crippen molar-refractivity contribution < 1.29 is 8.78 Å². The minimum Gasteiger partial charge on any atom is -0.256 e. The molecule has 0 spiro atoms. The molecule has 0 N–H and O–H groups in total. The highest BCUT2D eigenvalue weighted by Crippen LogP contribution is 2.43. The summed E-state index contributed by atoms with van der Waals surface area (Å²) in [7, 11) is 0. The average molecular weight is 317 g/mol. The average Bonchev–Trinajstić information content (AvgIpc) is 2.54. The molecule has 1 aromatic carbocycles. The fraction of sp³-hybridized carbons (Fsp3) is 0.450. The topological polar surface area (TPSA) is 12.9 Å². The van der Waals surface area contributed by atoms with Gasteiger partial charge in [0, 0.05) is 17.8 Å². The van der Waals surface area contributed by atoms with Gasteiger partial charge in [0.15, 0.2) is 0 Å². The van der Waals surface area contributed by atoms with E-state index in [1.54, 1.807) is 18.3 Å². The summed E-state index contributed by atoms with van der Waals surface area (Å²) in [6.07, 6.45) is 4.43. The lowest BCUT2D eigenvalue weighted by Crippen LogP contribution is -2.31. The first-order chi connectivity index (χ1) is 10.9. The fourth-order valence-corrected chi connectivity index (χ4v) is 3.41. The van der Waals surface area contributed by atoms with Gasteiger partial charge >= 0.3 is 0 Å². The standard InChI is InChI=1S/C20H25F2N/c1-5-10-20(4,14(3)6-2)16-12-15(21)13-17(22)19(16)18-9-7-8-11-23-18/h7-9,11-14H,5-6,10H2,1-4H3. The van der Waals surface area contributed by atoms with E-state index in [1.807, 2.05) is 6.07 Å². The maximum atomic E-state index is 14.7. The van der Waals surface area contributed by atoms with Gasteiger partial charge in [-0.1, -0.05) is 46.6 Å². The zero-order valence-electron chi connectivity index (χ0n) is 14.4. The van der Waals surface area contributed by atoms with Crippen molar-refractivity contribution in [3.63, 3.8) is 0 Å². The molecule has 0 fully saturated rings. The van der Waals surface area contributed by atoms with E-state index in [9.17, 15) is 8.78 Å². The van der Waals surface area contributed by atoms with Gasteiger partial charge < -0.3 is 0 Å². The lowest BCUT2D eigenvalue weighted by Gasteiger charge is -2.37. The van der Waals surface area contributed by atoms with Gasteiger partial charge in [-0.3, -0.25) is 4.98 Å². The second-order valence-electron chi connectivity index (χ2n) is 6.50. The molecular formula is C20H25F2N. The summed E-state index contributed by atoms with van der Waals surface area (Å²) in [6.45, 7) is 8.50. The van der Waals surface area contributed by atoms with Gasteiger partial charge in [0.25, 0.3) is 0 Å². The number of aromatic nitrogens is 1. The molecule has 2 rings (SSSR count). The highest BCUT2D eigenvalue weighted by Gasteiger charge is 2.35. The number of pyridine rings is 1. The summed E-state index contributed by atoms with van der Waals surface area (Å²) in [5.41, 5.74) is 1.43. The summed E-state index contributed by atoms with van der Waals surface area (Å²) in [4.78, 5) is 4.30. The van der Waals surface area contributed by atoms with Crippen LogP contribution in [0.3, 0.4) is 0 Å². The third kappa shape index (κ3) is 3.44. The Hall–Kier alpha value is -1.77. The third-order valence-corrected chi connectivity index (χ3v) is 5.06. The first-order valence-corrected chi connectivity index (χ1v) is 8.35. The highest BCUT2D eigenvalue weighted by molar-refractivity contribution is 5.66. The monoisotopic (exact) mass is 317 g/mol. The maximum Gasteiger partial charge on any atom is 0.135 e. The van der Waals surface area contributed by atoms with Crippen LogP contribution in [0.25, 0.3) is 11.3 Å². The normalized spacial score (nSPS) is 15.2. The van der Waals surface area contributed by atoms with E-state index >= 15 is 0 Å². The summed E-state index contributed by atoms with van der Waals surface area (Å²) in [5.74, 6) is -0.752. The molecule has 0 saturated heterocycles. The van der Waals surface area contributed by atoms with Gasteiger partial charge in [-0.2, -0.15) is 0 Å². The number of rotatable bonds is 6. The summed E-state index contributed by atoms with van der Waals surface area (Å²) in [6, 6.07) is 7.86. The van der Waals surface area contributed by atoms with E-state index in [2.05, 4.69) is 32.7 Å². The van der Waals surface area contributed by atoms with E-state index in [0.29, 0.717) is 17.2 Å². The molecule has 0 aliphatic carbocycles. The Morgan fingerprint density at radius 2 is 1.91 bits per heavy atom. The zero-order valence-corrected chi connectivity index (χ0v) is 14.4. The van der Waals surface area contributed by atoms with Gasteiger partial charge in [0.05, 0.1) is 5.69 Å². The van der Waals surface area contributed by atoms with Gasteiger partial charge in [0.1, 0.15) is 11.6 Å². The van der Waals surface area contributed by atoms with Gasteiger partial charge in [0.2, 0.25) is 0 Å². The molecule has 0 saturated carbocycles. The number of hydrogen-bond acceptors (Lipinski definition) is 1. The predicted octanol–water partition coefficient (Wildman–Crippen LogP) is 6.13. The Labute approximate surface area is 137 Å². The minimum atomic E-state index is -0.538. The first kappa shape index (κ1) is 17.6.